The Balaban J connectivity index is 1.36. The summed E-state index contributed by atoms with van der Waals surface area (Å²) < 4.78 is 23.4. The minimum absolute atomic E-state index is 0.0847. The van der Waals surface area contributed by atoms with Gasteiger partial charge >= 0.3 is 6.09 Å². The number of nitrogens with zero attached hydrogens (tertiary/aromatic N) is 4. The number of imidazole rings is 1. The number of hydrogen-bond acceptors (Lipinski definition) is 6. The van der Waals surface area contributed by atoms with E-state index in [1.807, 2.05) is 43.9 Å². The molecule has 2 aromatic carbocycles. The van der Waals surface area contributed by atoms with Gasteiger partial charge in [0.05, 0.1) is 28.0 Å². The van der Waals surface area contributed by atoms with Crippen LogP contribution in [0.15, 0.2) is 39.6 Å². The van der Waals surface area contributed by atoms with Crippen LogP contribution in [0.25, 0.3) is 27.7 Å². The predicted octanol–water partition coefficient (Wildman–Crippen LogP) is 7.35. The number of halogens is 1. The van der Waals surface area contributed by atoms with Crippen LogP contribution in [-0.4, -0.2) is 63.0 Å². The Morgan fingerprint density at radius 2 is 1.80 bits per heavy atom. The second-order valence-corrected chi connectivity index (χ2v) is 14.4. The Hall–Kier alpha value is -3.11. The van der Waals surface area contributed by atoms with Gasteiger partial charge in [0, 0.05) is 36.3 Å². The summed E-state index contributed by atoms with van der Waals surface area (Å²) in [6.45, 7) is 8.23. The first-order valence-electron chi connectivity index (χ1n) is 16.1. The Bertz CT molecular complexity index is 1770. The zero-order valence-corrected chi connectivity index (χ0v) is 27.4. The summed E-state index contributed by atoms with van der Waals surface area (Å²) in [7, 11) is 0. The number of rotatable bonds is 5. The van der Waals surface area contributed by atoms with Gasteiger partial charge in [0.15, 0.2) is 0 Å². The van der Waals surface area contributed by atoms with Crippen LogP contribution in [0.4, 0.5) is 4.79 Å². The average Bonchev–Trinajstić information content (AvgIpc) is 3.75. The van der Waals surface area contributed by atoms with Crippen molar-refractivity contribution < 1.29 is 19.0 Å². The lowest BCUT2D eigenvalue weighted by atomic mass is 9.88. The minimum Gasteiger partial charge on any atom is -0.491 e. The third-order valence-electron chi connectivity index (χ3n) is 9.40. The quantitative estimate of drug-likeness (QED) is 0.222. The zero-order valence-electron chi connectivity index (χ0n) is 25.8. The number of fused-ring (bicyclic) bond motifs is 5. The van der Waals surface area contributed by atoms with Gasteiger partial charge in [0.1, 0.15) is 18.0 Å². The van der Waals surface area contributed by atoms with Crippen LogP contribution in [0.5, 0.6) is 5.75 Å². The Morgan fingerprint density at radius 1 is 1.02 bits per heavy atom. The van der Waals surface area contributed by atoms with Crippen molar-refractivity contribution in [3.05, 3.63) is 50.7 Å². The van der Waals surface area contributed by atoms with Gasteiger partial charge in [-0.25, -0.2) is 4.79 Å². The topological polar surface area (TPSA) is 87.3 Å². The van der Waals surface area contributed by atoms with Crippen LogP contribution >= 0.6 is 15.9 Å². The van der Waals surface area contributed by atoms with Gasteiger partial charge in [0.25, 0.3) is 5.56 Å². The molecule has 1 amide bonds. The molecule has 0 N–H and O–H groups in total. The van der Waals surface area contributed by atoms with Crippen molar-refractivity contribution in [2.45, 2.75) is 95.8 Å². The Labute approximate surface area is 265 Å². The van der Waals surface area contributed by atoms with Crippen LogP contribution in [0.1, 0.15) is 89.7 Å². The maximum absolute atomic E-state index is 13.4. The number of hydrogen-bond donors (Lipinski definition) is 0. The fourth-order valence-corrected chi connectivity index (χ4v) is 7.82. The lowest BCUT2D eigenvalue weighted by Crippen LogP contribution is -2.41. The normalized spacial score (nSPS) is 20.4. The van der Waals surface area contributed by atoms with E-state index in [1.54, 1.807) is 0 Å². The molecule has 234 valence electrons. The van der Waals surface area contributed by atoms with Gasteiger partial charge in [-0.3, -0.25) is 9.20 Å². The number of amides is 1. The summed E-state index contributed by atoms with van der Waals surface area (Å²) >= 11 is 3.61. The van der Waals surface area contributed by atoms with Crippen molar-refractivity contribution >= 4 is 49.7 Å². The van der Waals surface area contributed by atoms with Crippen LogP contribution in [0.3, 0.4) is 0 Å². The number of carbonyl (C=O) groups is 1. The highest BCUT2D eigenvalue weighted by Crippen LogP contribution is 2.42. The van der Waals surface area contributed by atoms with Crippen LogP contribution in [0, 0.1) is 0 Å². The molecule has 4 aromatic rings. The molecule has 44 heavy (non-hydrogen) atoms. The molecule has 1 atom stereocenters. The highest BCUT2D eigenvalue weighted by atomic mass is 79.9. The standard InChI is InChI=1S/C34H41BrN4O5/c1-34(2,3)44-33(41)37-15-13-21(14-16-37)24-18-27-28(19-29(24)43-20-23-10-7-17-42-23)39-26-12-6-11-25(35)30(26)31(40)36-32(39)38(27)22-8-4-5-9-22/h6,11-12,18-19,21-23H,4-5,7-10,13-17,20H2,1-3H3/t23-/m0/s1. The first-order chi connectivity index (χ1) is 21.2. The molecule has 0 spiro atoms. The van der Waals surface area contributed by atoms with E-state index < -0.39 is 5.60 Å². The van der Waals surface area contributed by atoms with Gasteiger partial charge in [-0.15, -0.1) is 0 Å². The second-order valence-electron chi connectivity index (χ2n) is 13.6. The number of ether oxygens (including phenoxy) is 3. The summed E-state index contributed by atoms with van der Waals surface area (Å²) in [6, 6.07) is 10.6. The van der Waals surface area contributed by atoms with Gasteiger partial charge in [-0.05, 0) is 105 Å². The smallest absolute Gasteiger partial charge is 0.410 e. The third kappa shape index (κ3) is 5.49. The molecule has 0 unspecified atom stereocenters. The van der Waals surface area contributed by atoms with Crippen LogP contribution < -0.4 is 10.3 Å². The summed E-state index contributed by atoms with van der Waals surface area (Å²) in [6.07, 6.45) is 7.97. The molecular formula is C34H41BrN4O5. The summed E-state index contributed by atoms with van der Waals surface area (Å²) in [4.78, 5) is 32.8. The number of aromatic nitrogens is 3. The second kappa shape index (κ2) is 11.7. The largest absolute Gasteiger partial charge is 0.491 e. The molecule has 0 radical (unpaired) electrons. The molecule has 3 aliphatic rings. The van der Waals surface area contributed by atoms with E-state index in [-0.39, 0.29) is 29.7 Å². The van der Waals surface area contributed by atoms with E-state index in [4.69, 9.17) is 19.2 Å². The molecule has 3 fully saturated rings. The summed E-state index contributed by atoms with van der Waals surface area (Å²) in [5, 5.41) is 0.580. The Morgan fingerprint density at radius 3 is 2.50 bits per heavy atom. The molecule has 1 aliphatic carbocycles. The van der Waals surface area contributed by atoms with Crippen LogP contribution in [0.2, 0.25) is 0 Å². The Kier molecular flexibility index (Phi) is 7.85. The van der Waals surface area contributed by atoms with Crippen molar-refractivity contribution in [3.8, 4) is 5.75 Å². The monoisotopic (exact) mass is 664 g/mol. The molecule has 10 heteroatoms. The molecule has 0 bridgehead atoms. The maximum atomic E-state index is 13.4. The van der Waals surface area contributed by atoms with E-state index in [0.717, 1.165) is 77.5 Å². The molecule has 7 rings (SSSR count). The highest BCUT2D eigenvalue weighted by Gasteiger charge is 2.31. The first kappa shape index (κ1) is 29.6. The van der Waals surface area contributed by atoms with E-state index in [2.05, 4.69) is 37.0 Å². The van der Waals surface area contributed by atoms with Gasteiger partial charge < -0.3 is 23.7 Å². The summed E-state index contributed by atoms with van der Waals surface area (Å²) in [5.74, 6) is 1.74. The molecule has 2 saturated heterocycles. The predicted molar refractivity (Wildman–Crippen MR) is 174 cm³/mol. The zero-order chi connectivity index (χ0) is 30.6. The lowest BCUT2D eigenvalue weighted by molar-refractivity contribution is 0.0203. The lowest BCUT2D eigenvalue weighted by Gasteiger charge is -2.34. The van der Waals surface area contributed by atoms with Crippen molar-refractivity contribution in [2.75, 3.05) is 26.3 Å². The fraction of sp³-hybridized carbons (Fsp3) is 0.559. The molecule has 9 nitrogen and oxygen atoms in total. The van der Waals surface area contributed by atoms with Gasteiger partial charge in [-0.2, -0.15) is 4.98 Å². The molecule has 1 saturated carbocycles. The van der Waals surface area contributed by atoms with Crippen molar-refractivity contribution in [1.29, 1.82) is 0 Å². The SMILES string of the molecule is CC(C)(C)OC(=O)N1CCC(c2cc3c(cc2OC[C@@H]2CCCO2)n2c4cccc(Br)c4c(=O)nc2n3C2CCCC2)CC1. The summed E-state index contributed by atoms with van der Waals surface area (Å²) in [5.41, 5.74) is 3.30. The van der Waals surface area contributed by atoms with Gasteiger partial charge in [0.2, 0.25) is 5.78 Å². The molecule has 2 aliphatic heterocycles. The van der Waals surface area contributed by atoms with E-state index in [1.165, 1.54) is 12.8 Å². The number of carbonyl (C=O) groups excluding carboxylic acids is 1. The third-order valence-corrected chi connectivity index (χ3v) is 10.1. The average molecular weight is 666 g/mol. The molecule has 2 aromatic heterocycles. The fourth-order valence-electron chi connectivity index (χ4n) is 7.29. The highest BCUT2D eigenvalue weighted by molar-refractivity contribution is 9.10. The molecule has 4 heterocycles. The van der Waals surface area contributed by atoms with Crippen molar-refractivity contribution in [1.82, 2.24) is 18.9 Å². The van der Waals surface area contributed by atoms with Crippen molar-refractivity contribution in [3.63, 3.8) is 0 Å². The first-order valence-corrected chi connectivity index (χ1v) is 16.9. The van der Waals surface area contributed by atoms with Gasteiger partial charge in [-0.1, -0.05) is 18.9 Å². The van der Waals surface area contributed by atoms with E-state index >= 15 is 0 Å². The maximum Gasteiger partial charge on any atom is 0.410 e. The number of piperidine rings is 1. The van der Waals surface area contributed by atoms with E-state index in [9.17, 15) is 9.59 Å². The van der Waals surface area contributed by atoms with Crippen LogP contribution in [-0.2, 0) is 9.47 Å². The number of benzene rings is 2. The number of likely N-dealkylation sites (tertiary alicyclic amines) is 1. The van der Waals surface area contributed by atoms with E-state index in [0.29, 0.717) is 30.9 Å². The minimum atomic E-state index is -0.522. The molecular weight excluding hydrogens is 624 g/mol. The van der Waals surface area contributed by atoms with Crippen molar-refractivity contribution in [2.24, 2.45) is 0 Å².